The van der Waals surface area contributed by atoms with Gasteiger partial charge in [0.05, 0.1) is 0 Å². The average molecular weight is 221 g/mol. The third-order valence-electron chi connectivity index (χ3n) is 2.57. The lowest BCUT2D eigenvalue weighted by Crippen LogP contribution is -2.13. The van der Waals surface area contributed by atoms with Gasteiger partial charge < -0.3 is 5.32 Å². The molecule has 0 aromatic rings. The van der Waals surface area contributed by atoms with Crippen molar-refractivity contribution in [2.45, 2.75) is 44.7 Å². The Bertz CT molecular complexity index is 198. The molecule has 1 aliphatic rings. The molecule has 1 fully saturated rings. The molecule has 88 valence electrons. The number of hydrogen-bond donors (Lipinski definition) is 1. The van der Waals surface area contributed by atoms with Crippen molar-refractivity contribution in [3.05, 3.63) is 11.6 Å². The first-order chi connectivity index (χ1) is 7.08. The molecule has 1 N–H and O–H groups in total. The normalized spacial score (nSPS) is 21.7. The number of nitrogens with one attached hydrogen (secondary N) is 1. The van der Waals surface area contributed by atoms with Gasteiger partial charge in [0.15, 0.2) is 0 Å². The fourth-order valence-corrected chi connectivity index (χ4v) is 1.75. The number of alkyl halides is 3. The molecule has 1 aliphatic heterocycles. The summed E-state index contributed by atoms with van der Waals surface area (Å²) in [7, 11) is 0. The smallest absolute Gasteiger partial charge is 0.316 e. The highest BCUT2D eigenvalue weighted by atomic mass is 19.4. The second-order valence-corrected chi connectivity index (χ2v) is 3.97. The first kappa shape index (κ1) is 12.6. The van der Waals surface area contributed by atoms with E-state index in [1.807, 2.05) is 6.08 Å². The van der Waals surface area contributed by atoms with Crippen LogP contribution in [0.4, 0.5) is 13.2 Å². The van der Waals surface area contributed by atoms with Crippen molar-refractivity contribution in [1.29, 1.82) is 0 Å². The molecule has 4 heteroatoms. The van der Waals surface area contributed by atoms with Crippen molar-refractivity contribution < 1.29 is 13.2 Å². The Morgan fingerprint density at radius 1 is 1.20 bits per heavy atom. The van der Waals surface area contributed by atoms with Crippen molar-refractivity contribution >= 4 is 0 Å². The van der Waals surface area contributed by atoms with Crippen molar-refractivity contribution in [3.63, 3.8) is 0 Å². The van der Waals surface area contributed by atoms with Gasteiger partial charge in [0.25, 0.3) is 0 Å². The number of rotatable bonds is 3. The summed E-state index contributed by atoms with van der Waals surface area (Å²) < 4.78 is 35.6. The van der Waals surface area contributed by atoms with Gasteiger partial charge in [-0.25, -0.2) is 0 Å². The molecule has 0 saturated carbocycles. The molecule has 0 aliphatic carbocycles. The van der Waals surface area contributed by atoms with E-state index >= 15 is 0 Å². The highest BCUT2D eigenvalue weighted by Crippen LogP contribution is 2.23. The molecular weight excluding hydrogens is 203 g/mol. The fraction of sp³-hybridized carbons (Fsp3) is 0.818. The molecule has 0 spiro atoms. The van der Waals surface area contributed by atoms with Gasteiger partial charge in [0, 0.05) is 6.42 Å². The molecule has 1 saturated heterocycles. The molecule has 0 radical (unpaired) electrons. The molecule has 1 nitrogen and oxygen atoms in total. The molecule has 0 unspecified atom stereocenters. The molecule has 0 aromatic carbocycles. The van der Waals surface area contributed by atoms with Gasteiger partial charge in [0.2, 0.25) is 0 Å². The third kappa shape index (κ3) is 6.55. The summed E-state index contributed by atoms with van der Waals surface area (Å²) in [4.78, 5) is 0. The SMILES string of the molecule is FC(F)(F)CCC/C=C1/CCCNCC1. The van der Waals surface area contributed by atoms with E-state index in [1.165, 1.54) is 5.57 Å². The van der Waals surface area contributed by atoms with Gasteiger partial charge in [0.1, 0.15) is 0 Å². The Morgan fingerprint density at radius 3 is 2.73 bits per heavy atom. The zero-order chi connectivity index (χ0) is 11.1. The van der Waals surface area contributed by atoms with Gasteiger partial charge in [-0.3, -0.25) is 0 Å². The summed E-state index contributed by atoms with van der Waals surface area (Å²) in [6, 6.07) is 0. The van der Waals surface area contributed by atoms with E-state index in [4.69, 9.17) is 0 Å². The minimum absolute atomic E-state index is 0.223. The first-order valence-electron chi connectivity index (χ1n) is 5.53. The Balaban J connectivity index is 2.18. The highest BCUT2D eigenvalue weighted by molar-refractivity contribution is 5.03. The fourth-order valence-electron chi connectivity index (χ4n) is 1.75. The Morgan fingerprint density at radius 2 is 2.00 bits per heavy atom. The molecule has 15 heavy (non-hydrogen) atoms. The lowest BCUT2D eigenvalue weighted by atomic mass is 10.1. The molecule has 0 atom stereocenters. The summed E-state index contributed by atoms with van der Waals surface area (Å²) >= 11 is 0. The van der Waals surface area contributed by atoms with Crippen LogP contribution in [0.2, 0.25) is 0 Å². The van der Waals surface area contributed by atoms with Crippen LogP contribution in [0.15, 0.2) is 11.6 Å². The van der Waals surface area contributed by atoms with Crippen molar-refractivity contribution in [2.75, 3.05) is 13.1 Å². The summed E-state index contributed by atoms with van der Waals surface area (Å²) in [6.07, 6.45) is 1.27. The first-order valence-corrected chi connectivity index (χ1v) is 5.53. The molecular formula is C11H18F3N. The van der Waals surface area contributed by atoms with Crippen LogP contribution in [0.3, 0.4) is 0 Å². The van der Waals surface area contributed by atoms with Gasteiger partial charge >= 0.3 is 6.18 Å². The minimum atomic E-state index is -4.00. The van der Waals surface area contributed by atoms with E-state index in [1.54, 1.807) is 0 Å². The van der Waals surface area contributed by atoms with Crippen molar-refractivity contribution in [3.8, 4) is 0 Å². The van der Waals surface area contributed by atoms with E-state index < -0.39 is 12.6 Å². The second-order valence-electron chi connectivity index (χ2n) is 3.97. The van der Waals surface area contributed by atoms with Crippen LogP contribution >= 0.6 is 0 Å². The number of allylic oxidation sites excluding steroid dienone is 1. The summed E-state index contributed by atoms with van der Waals surface area (Å²) in [5, 5.41) is 3.27. The molecule has 1 heterocycles. The van der Waals surface area contributed by atoms with Crippen LogP contribution in [0.5, 0.6) is 0 Å². The van der Waals surface area contributed by atoms with Gasteiger partial charge in [-0.15, -0.1) is 0 Å². The van der Waals surface area contributed by atoms with E-state index in [2.05, 4.69) is 5.32 Å². The van der Waals surface area contributed by atoms with Crippen molar-refractivity contribution in [2.24, 2.45) is 0 Å². The number of halogens is 3. The van der Waals surface area contributed by atoms with Crippen molar-refractivity contribution in [1.82, 2.24) is 5.32 Å². The summed E-state index contributed by atoms with van der Waals surface area (Å²) in [6.45, 7) is 1.99. The van der Waals surface area contributed by atoms with Gasteiger partial charge in [-0.2, -0.15) is 13.2 Å². The standard InChI is InChI=1S/C11H18F3N/c12-11(13,14)7-2-1-4-10-5-3-8-15-9-6-10/h4,15H,1-3,5-9H2/b10-4-. The van der Waals surface area contributed by atoms with Crippen LogP contribution < -0.4 is 5.32 Å². The van der Waals surface area contributed by atoms with E-state index in [9.17, 15) is 13.2 Å². The Labute approximate surface area is 88.7 Å². The topological polar surface area (TPSA) is 12.0 Å². The number of hydrogen-bond acceptors (Lipinski definition) is 1. The van der Waals surface area contributed by atoms with Crippen LogP contribution in [0.25, 0.3) is 0 Å². The molecule has 0 aromatic heterocycles. The minimum Gasteiger partial charge on any atom is -0.316 e. The van der Waals surface area contributed by atoms with E-state index in [0.29, 0.717) is 6.42 Å². The predicted octanol–water partition coefficient (Wildman–Crippen LogP) is 3.42. The van der Waals surface area contributed by atoms with Gasteiger partial charge in [-0.1, -0.05) is 11.6 Å². The molecule has 0 bridgehead atoms. The zero-order valence-electron chi connectivity index (χ0n) is 8.87. The van der Waals surface area contributed by atoms with Crippen LogP contribution in [-0.2, 0) is 0 Å². The second kappa shape index (κ2) is 6.16. The summed E-state index contributed by atoms with van der Waals surface area (Å²) in [5.74, 6) is 0. The molecule has 0 amide bonds. The van der Waals surface area contributed by atoms with Gasteiger partial charge in [-0.05, 0) is 45.2 Å². The Kier molecular flexibility index (Phi) is 5.15. The monoisotopic (exact) mass is 221 g/mol. The van der Waals surface area contributed by atoms with E-state index in [-0.39, 0.29) is 6.42 Å². The summed E-state index contributed by atoms with van der Waals surface area (Å²) in [5.41, 5.74) is 1.32. The van der Waals surface area contributed by atoms with Crippen LogP contribution in [0.1, 0.15) is 38.5 Å². The lowest BCUT2D eigenvalue weighted by molar-refractivity contribution is -0.135. The van der Waals surface area contributed by atoms with Crippen LogP contribution in [-0.4, -0.2) is 19.3 Å². The van der Waals surface area contributed by atoms with E-state index in [0.717, 1.165) is 32.4 Å². The third-order valence-corrected chi connectivity index (χ3v) is 2.57. The Hall–Kier alpha value is -0.510. The lowest BCUT2D eigenvalue weighted by Gasteiger charge is -2.05. The number of unbranched alkanes of at least 4 members (excludes halogenated alkanes) is 1. The maximum atomic E-state index is 11.9. The van der Waals surface area contributed by atoms with Crippen LogP contribution in [0, 0.1) is 0 Å². The molecule has 1 rings (SSSR count). The average Bonchev–Trinajstić information content (AvgIpc) is 2.39. The maximum Gasteiger partial charge on any atom is 0.389 e. The maximum absolute atomic E-state index is 11.9. The zero-order valence-corrected chi connectivity index (χ0v) is 8.87. The predicted molar refractivity (Wildman–Crippen MR) is 54.7 cm³/mol. The highest BCUT2D eigenvalue weighted by Gasteiger charge is 2.25. The quantitative estimate of drug-likeness (QED) is 0.568. The largest absolute Gasteiger partial charge is 0.389 e.